The molecule has 1 aromatic heterocycles. The van der Waals surface area contributed by atoms with Gasteiger partial charge in [0.1, 0.15) is 17.3 Å². The molecule has 130 valence electrons. The first kappa shape index (κ1) is 17.4. The molecule has 2 N–H and O–H groups in total. The molecule has 0 amide bonds. The number of nitrogens with two attached hydrogens (primary N) is 1. The molecule has 3 rings (SSSR count). The van der Waals surface area contributed by atoms with Crippen LogP contribution in [0, 0.1) is 5.82 Å². The number of thiazole rings is 1. The number of aryl methyl sites for hydroxylation is 1. The van der Waals surface area contributed by atoms with E-state index in [1.165, 1.54) is 23.5 Å². The highest BCUT2D eigenvalue weighted by molar-refractivity contribution is 7.15. The lowest BCUT2D eigenvalue weighted by Crippen LogP contribution is -2.04. The van der Waals surface area contributed by atoms with Gasteiger partial charge in [-0.3, -0.25) is 0 Å². The van der Waals surface area contributed by atoms with Crippen molar-refractivity contribution < 1.29 is 13.9 Å². The van der Waals surface area contributed by atoms with Crippen LogP contribution >= 0.6 is 11.3 Å². The zero-order valence-corrected chi connectivity index (χ0v) is 14.8. The van der Waals surface area contributed by atoms with Gasteiger partial charge in [0, 0.05) is 6.04 Å². The van der Waals surface area contributed by atoms with Gasteiger partial charge >= 0.3 is 0 Å². The molecular weight excluding hydrogens is 339 g/mol. The summed E-state index contributed by atoms with van der Waals surface area (Å²) in [7, 11) is 0. The van der Waals surface area contributed by atoms with Gasteiger partial charge in [-0.05, 0) is 66.1 Å². The van der Waals surface area contributed by atoms with Crippen LogP contribution < -0.4 is 15.2 Å². The molecule has 0 aliphatic rings. The molecule has 0 bridgehead atoms. The Labute approximate surface area is 150 Å². The second kappa shape index (κ2) is 7.63. The van der Waals surface area contributed by atoms with Crippen LogP contribution in [0.3, 0.4) is 0 Å². The average molecular weight is 358 g/mol. The Hall–Kier alpha value is -2.44. The van der Waals surface area contributed by atoms with E-state index in [1.54, 1.807) is 12.3 Å². The zero-order chi connectivity index (χ0) is 17.8. The summed E-state index contributed by atoms with van der Waals surface area (Å²) in [5, 5.41) is 1.06. The molecule has 25 heavy (non-hydrogen) atoms. The Bertz CT molecular complexity index is 847. The van der Waals surface area contributed by atoms with Gasteiger partial charge in [-0.15, -0.1) is 0 Å². The summed E-state index contributed by atoms with van der Waals surface area (Å²) in [6.45, 7) is 3.88. The van der Waals surface area contributed by atoms with Gasteiger partial charge in [0.05, 0.1) is 6.20 Å². The lowest BCUT2D eigenvalue weighted by Gasteiger charge is -2.07. The molecule has 4 nitrogen and oxygen atoms in total. The summed E-state index contributed by atoms with van der Waals surface area (Å²) >= 11 is 1.28. The van der Waals surface area contributed by atoms with Crippen LogP contribution in [-0.2, 0) is 6.42 Å². The number of aromatic nitrogens is 1. The number of ether oxygens (including phenoxy) is 2. The molecule has 0 saturated carbocycles. The molecule has 1 atom stereocenters. The minimum Gasteiger partial charge on any atom is -0.445 e. The molecule has 0 spiro atoms. The van der Waals surface area contributed by atoms with Gasteiger partial charge < -0.3 is 15.2 Å². The first-order valence-corrected chi connectivity index (χ1v) is 8.82. The van der Waals surface area contributed by atoms with Crippen molar-refractivity contribution >= 4 is 11.3 Å². The third-order valence-corrected chi connectivity index (χ3v) is 4.44. The maximum absolute atomic E-state index is 13.3. The average Bonchev–Trinajstić information content (AvgIpc) is 3.04. The highest BCUT2D eigenvalue weighted by Crippen LogP contribution is 2.35. The van der Waals surface area contributed by atoms with Crippen molar-refractivity contribution in [1.82, 2.24) is 4.98 Å². The summed E-state index contributed by atoms with van der Waals surface area (Å²) in [6.07, 6.45) is 2.28. The molecule has 3 aromatic rings. The topological polar surface area (TPSA) is 57.4 Å². The fourth-order valence-corrected chi connectivity index (χ4v) is 2.96. The molecule has 0 saturated heterocycles. The summed E-state index contributed by atoms with van der Waals surface area (Å²) in [4.78, 5) is 4.21. The fraction of sp³-hybridized carbons (Fsp3) is 0.211. The van der Waals surface area contributed by atoms with E-state index < -0.39 is 0 Å². The highest BCUT2D eigenvalue weighted by Gasteiger charge is 2.10. The van der Waals surface area contributed by atoms with Gasteiger partial charge in [-0.1, -0.05) is 19.1 Å². The molecule has 1 heterocycles. The third kappa shape index (κ3) is 4.35. The third-order valence-electron chi connectivity index (χ3n) is 3.69. The SMILES string of the molecule is CCc1cc(F)ccc1Oc1ncc(Oc2ccc(C(C)N)cc2)s1. The van der Waals surface area contributed by atoms with Gasteiger partial charge in [0.25, 0.3) is 5.19 Å². The Morgan fingerprint density at radius 3 is 2.60 bits per heavy atom. The number of hydrogen-bond donors (Lipinski definition) is 1. The van der Waals surface area contributed by atoms with Gasteiger partial charge in [-0.25, -0.2) is 9.37 Å². The number of rotatable bonds is 6. The number of benzene rings is 2. The van der Waals surface area contributed by atoms with E-state index in [0.717, 1.165) is 11.1 Å². The van der Waals surface area contributed by atoms with Crippen molar-refractivity contribution in [2.45, 2.75) is 26.3 Å². The van der Waals surface area contributed by atoms with Gasteiger partial charge in [0.15, 0.2) is 0 Å². The van der Waals surface area contributed by atoms with E-state index in [0.29, 0.717) is 28.2 Å². The van der Waals surface area contributed by atoms with Crippen LogP contribution in [0.1, 0.15) is 31.0 Å². The molecule has 0 fully saturated rings. The molecular formula is C19H19FN2O2S. The van der Waals surface area contributed by atoms with Crippen molar-refractivity contribution in [3.05, 3.63) is 65.6 Å². The minimum atomic E-state index is -0.275. The lowest BCUT2D eigenvalue weighted by molar-refractivity contribution is 0.470. The van der Waals surface area contributed by atoms with Crippen LogP contribution in [0.2, 0.25) is 0 Å². The van der Waals surface area contributed by atoms with Crippen LogP contribution in [0.15, 0.2) is 48.7 Å². The van der Waals surface area contributed by atoms with Crippen molar-refractivity contribution in [2.24, 2.45) is 5.73 Å². The second-order valence-corrected chi connectivity index (χ2v) is 6.57. The molecule has 2 aromatic carbocycles. The van der Waals surface area contributed by atoms with Crippen molar-refractivity contribution in [2.75, 3.05) is 0 Å². The molecule has 0 aliphatic carbocycles. The Morgan fingerprint density at radius 1 is 1.16 bits per heavy atom. The van der Waals surface area contributed by atoms with E-state index in [9.17, 15) is 4.39 Å². The van der Waals surface area contributed by atoms with E-state index in [1.807, 2.05) is 38.1 Å². The highest BCUT2D eigenvalue weighted by atomic mass is 32.1. The van der Waals surface area contributed by atoms with Crippen LogP contribution in [-0.4, -0.2) is 4.98 Å². The summed E-state index contributed by atoms with van der Waals surface area (Å²) in [5.41, 5.74) is 7.68. The Morgan fingerprint density at radius 2 is 1.92 bits per heavy atom. The number of nitrogens with zero attached hydrogens (tertiary/aromatic N) is 1. The van der Waals surface area contributed by atoms with E-state index >= 15 is 0 Å². The summed E-state index contributed by atoms with van der Waals surface area (Å²) < 4.78 is 24.9. The Balaban J connectivity index is 1.70. The quantitative estimate of drug-likeness (QED) is 0.637. The second-order valence-electron chi connectivity index (χ2n) is 5.61. The van der Waals surface area contributed by atoms with E-state index in [-0.39, 0.29) is 11.9 Å². The van der Waals surface area contributed by atoms with Crippen LogP contribution in [0.5, 0.6) is 21.8 Å². The summed E-state index contributed by atoms with van der Waals surface area (Å²) in [6, 6.07) is 12.1. The first-order valence-electron chi connectivity index (χ1n) is 8.00. The maximum Gasteiger partial charge on any atom is 0.282 e. The minimum absolute atomic E-state index is 0.0130. The van der Waals surface area contributed by atoms with Crippen molar-refractivity contribution in [3.8, 4) is 21.8 Å². The fourth-order valence-electron chi connectivity index (χ4n) is 2.31. The largest absolute Gasteiger partial charge is 0.445 e. The molecule has 0 radical (unpaired) electrons. The van der Waals surface area contributed by atoms with E-state index in [2.05, 4.69) is 4.98 Å². The van der Waals surface area contributed by atoms with Crippen molar-refractivity contribution in [1.29, 1.82) is 0 Å². The van der Waals surface area contributed by atoms with Crippen LogP contribution in [0.25, 0.3) is 0 Å². The smallest absolute Gasteiger partial charge is 0.282 e. The predicted molar refractivity (Wildman–Crippen MR) is 97.1 cm³/mol. The zero-order valence-electron chi connectivity index (χ0n) is 14.0. The molecule has 1 unspecified atom stereocenters. The lowest BCUT2D eigenvalue weighted by atomic mass is 10.1. The molecule has 0 aliphatic heterocycles. The first-order chi connectivity index (χ1) is 12.0. The normalized spacial score (nSPS) is 12.0. The van der Waals surface area contributed by atoms with Crippen molar-refractivity contribution in [3.63, 3.8) is 0 Å². The van der Waals surface area contributed by atoms with Gasteiger partial charge in [0.2, 0.25) is 5.06 Å². The monoisotopic (exact) mass is 358 g/mol. The maximum atomic E-state index is 13.3. The summed E-state index contributed by atoms with van der Waals surface area (Å²) in [5.74, 6) is 1.03. The number of halogens is 1. The van der Waals surface area contributed by atoms with Gasteiger partial charge in [-0.2, -0.15) is 0 Å². The molecule has 6 heteroatoms. The Kier molecular flexibility index (Phi) is 5.31. The standard InChI is InChI=1S/C19H19FN2O2S/c1-3-13-10-15(20)6-9-17(13)24-19-22-11-18(25-19)23-16-7-4-14(5-8-16)12(2)21/h4-12H,3,21H2,1-2H3. The van der Waals surface area contributed by atoms with E-state index in [4.69, 9.17) is 15.2 Å². The predicted octanol–water partition coefficient (Wildman–Crippen LogP) is 5.45. The van der Waals surface area contributed by atoms with Crippen LogP contribution in [0.4, 0.5) is 4.39 Å². The number of hydrogen-bond acceptors (Lipinski definition) is 5.